The van der Waals surface area contributed by atoms with Crippen LogP contribution in [0.5, 0.6) is 5.75 Å². The summed E-state index contributed by atoms with van der Waals surface area (Å²) in [6.07, 6.45) is 0. The minimum atomic E-state index is -0.129. The Morgan fingerprint density at radius 3 is 2.10 bits per heavy atom. The average molecular weight is 389 g/mol. The predicted octanol–water partition coefficient (Wildman–Crippen LogP) is 5.36. The van der Waals surface area contributed by atoms with Gasteiger partial charge in [-0.15, -0.1) is 0 Å². The van der Waals surface area contributed by atoms with Gasteiger partial charge < -0.3 is 10.1 Å². The van der Waals surface area contributed by atoms with Crippen LogP contribution in [-0.4, -0.2) is 23.9 Å². The molecule has 3 aromatic carbocycles. The number of nitrogens with one attached hydrogen (secondary N) is 1. The standard InChI is InChI=1S/C25H28N2O2/c1-3-27(4-2)18-20-10-14-23(15-11-20)26-25(28)22-12-16-24(17-13-22)29-19-21-8-6-5-7-9-21/h5-17H,3-4,18-19H2,1-2H3,(H,26,28). The molecule has 1 N–H and O–H groups in total. The molecular weight excluding hydrogens is 360 g/mol. The number of ether oxygens (including phenoxy) is 1. The summed E-state index contributed by atoms with van der Waals surface area (Å²) in [5, 5.41) is 2.95. The molecule has 0 radical (unpaired) electrons. The highest BCUT2D eigenvalue weighted by Crippen LogP contribution is 2.17. The molecule has 150 valence electrons. The summed E-state index contributed by atoms with van der Waals surface area (Å²) in [6, 6.07) is 25.3. The summed E-state index contributed by atoms with van der Waals surface area (Å²) in [6.45, 7) is 7.81. The van der Waals surface area contributed by atoms with Gasteiger partial charge in [0, 0.05) is 17.8 Å². The first-order chi connectivity index (χ1) is 14.2. The molecule has 3 aromatic rings. The lowest BCUT2D eigenvalue weighted by Crippen LogP contribution is -2.22. The van der Waals surface area contributed by atoms with E-state index in [1.165, 1.54) is 5.56 Å². The van der Waals surface area contributed by atoms with Crippen LogP contribution < -0.4 is 10.1 Å². The molecule has 0 heterocycles. The van der Waals surface area contributed by atoms with Gasteiger partial charge in [0.2, 0.25) is 0 Å². The van der Waals surface area contributed by atoms with Crippen LogP contribution in [0, 0.1) is 0 Å². The Morgan fingerprint density at radius 1 is 0.828 bits per heavy atom. The second kappa shape index (κ2) is 10.4. The largest absolute Gasteiger partial charge is 0.489 e. The van der Waals surface area contributed by atoms with Gasteiger partial charge in [0.15, 0.2) is 0 Å². The third-order valence-electron chi connectivity index (χ3n) is 4.88. The van der Waals surface area contributed by atoms with Crippen molar-refractivity contribution < 1.29 is 9.53 Å². The Balaban J connectivity index is 1.53. The van der Waals surface area contributed by atoms with Crippen molar-refractivity contribution in [2.24, 2.45) is 0 Å². The van der Waals surface area contributed by atoms with Gasteiger partial charge in [0.05, 0.1) is 0 Å². The minimum absolute atomic E-state index is 0.129. The normalized spacial score (nSPS) is 10.7. The van der Waals surface area contributed by atoms with Crippen molar-refractivity contribution in [1.29, 1.82) is 0 Å². The molecule has 0 unspecified atom stereocenters. The lowest BCUT2D eigenvalue weighted by atomic mass is 10.1. The first kappa shape index (κ1) is 20.6. The Labute approximate surface area is 173 Å². The van der Waals surface area contributed by atoms with Crippen LogP contribution in [0.2, 0.25) is 0 Å². The fourth-order valence-electron chi connectivity index (χ4n) is 3.05. The van der Waals surface area contributed by atoms with E-state index >= 15 is 0 Å². The maximum absolute atomic E-state index is 12.5. The Morgan fingerprint density at radius 2 is 1.48 bits per heavy atom. The fraction of sp³-hybridized carbons (Fsp3) is 0.240. The van der Waals surface area contributed by atoms with Crippen LogP contribution >= 0.6 is 0 Å². The summed E-state index contributed by atoms with van der Waals surface area (Å²) in [5.74, 6) is 0.613. The number of amides is 1. The number of rotatable bonds is 9. The van der Waals surface area contributed by atoms with E-state index in [9.17, 15) is 4.79 Å². The van der Waals surface area contributed by atoms with Crippen LogP contribution in [-0.2, 0) is 13.2 Å². The second-order valence-electron chi connectivity index (χ2n) is 6.91. The summed E-state index contributed by atoms with van der Waals surface area (Å²) in [4.78, 5) is 14.9. The van der Waals surface area contributed by atoms with Crippen molar-refractivity contribution in [2.45, 2.75) is 27.0 Å². The summed E-state index contributed by atoms with van der Waals surface area (Å²) in [5.41, 5.74) is 3.75. The van der Waals surface area contributed by atoms with E-state index in [1.807, 2.05) is 54.6 Å². The number of nitrogens with zero attached hydrogens (tertiary/aromatic N) is 1. The molecule has 0 aromatic heterocycles. The van der Waals surface area contributed by atoms with Crippen molar-refractivity contribution in [2.75, 3.05) is 18.4 Å². The molecule has 0 fully saturated rings. The quantitative estimate of drug-likeness (QED) is 0.536. The lowest BCUT2D eigenvalue weighted by molar-refractivity contribution is 0.102. The van der Waals surface area contributed by atoms with E-state index in [2.05, 4.69) is 36.2 Å². The zero-order valence-corrected chi connectivity index (χ0v) is 17.1. The second-order valence-corrected chi connectivity index (χ2v) is 6.91. The van der Waals surface area contributed by atoms with Crippen LogP contribution in [0.15, 0.2) is 78.9 Å². The van der Waals surface area contributed by atoms with Gasteiger partial charge in [-0.1, -0.05) is 56.3 Å². The van der Waals surface area contributed by atoms with Crippen molar-refractivity contribution in [3.63, 3.8) is 0 Å². The van der Waals surface area contributed by atoms with E-state index in [0.717, 1.165) is 36.6 Å². The maximum Gasteiger partial charge on any atom is 0.255 e. The lowest BCUT2D eigenvalue weighted by Gasteiger charge is -2.18. The third-order valence-corrected chi connectivity index (χ3v) is 4.88. The monoisotopic (exact) mass is 388 g/mol. The highest BCUT2D eigenvalue weighted by Gasteiger charge is 2.07. The SMILES string of the molecule is CCN(CC)Cc1ccc(NC(=O)c2ccc(OCc3ccccc3)cc2)cc1. The molecule has 0 aliphatic carbocycles. The van der Waals surface area contributed by atoms with E-state index in [1.54, 1.807) is 12.1 Å². The van der Waals surface area contributed by atoms with Crippen LogP contribution in [0.3, 0.4) is 0 Å². The molecule has 0 saturated heterocycles. The molecule has 4 nitrogen and oxygen atoms in total. The predicted molar refractivity (Wildman–Crippen MR) is 118 cm³/mol. The van der Waals surface area contributed by atoms with E-state index in [4.69, 9.17) is 4.74 Å². The number of anilines is 1. The zero-order chi connectivity index (χ0) is 20.5. The molecule has 4 heteroatoms. The smallest absolute Gasteiger partial charge is 0.255 e. The maximum atomic E-state index is 12.5. The van der Waals surface area contributed by atoms with Crippen LogP contribution in [0.25, 0.3) is 0 Å². The number of hydrogen-bond donors (Lipinski definition) is 1. The molecule has 0 spiro atoms. The highest BCUT2D eigenvalue weighted by molar-refractivity contribution is 6.04. The van der Waals surface area contributed by atoms with Crippen molar-refractivity contribution >= 4 is 11.6 Å². The zero-order valence-electron chi connectivity index (χ0n) is 17.1. The Bertz CT molecular complexity index is 886. The van der Waals surface area contributed by atoms with Gasteiger partial charge in [-0.25, -0.2) is 0 Å². The molecule has 0 aliphatic heterocycles. The number of carbonyl (C=O) groups is 1. The first-order valence-corrected chi connectivity index (χ1v) is 10.1. The molecule has 3 rings (SSSR count). The summed E-state index contributed by atoms with van der Waals surface area (Å²) >= 11 is 0. The molecule has 1 amide bonds. The minimum Gasteiger partial charge on any atom is -0.489 e. The van der Waals surface area contributed by atoms with Crippen molar-refractivity contribution in [3.05, 3.63) is 95.6 Å². The average Bonchev–Trinajstić information content (AvgIpc) is 2.78. The summed E-state index contributed by atoms with van der Waals surface area (Å²) < 4.78 is 5.77. The van der Waals surface area contributed by atoms with E-state index < -0.39 is 0 Å². The van der Waals surface area contributed by atoms with Gasteiger partial charge in [0.25, 0.3) is 5.91 Å². The summed E-state index contributed by atoms with van der Waals surface area (Å²) in [7, 11) is 0. The molecule has 29 heavy (non-hydrogen) atoms. The van der Waals surface area contributed by atoms with Crippen LogP contribution in [0.1, 0.15) is 35.3 Å². The van der Waals surface area contributed by atoms with Gasteiger partial charge in [-0.2, -0.15) is 0 Å². The van der Waals surface area contributed by atoms with Gasteiger partial charge in [-0.3, -0.25) is 9.69 Å². The molecular formula is C25H28N2O2. The van der Waals surface area contributed by atoms with Crippen molar-refractivity contribution in [3.8, 4) is 5.75 Å². The molecule has 0 aliphatic rings. The third kappa shape index (κ3) is 6.19. The Kier molecular flexibility index (Phi) is 7.42. The van der Waals surface area contributed by atoms with E-state index in [0.29, 0.717) is 12.2 Å². The number of hydrogen-bond acceptors (Lipinski definition) is 3. The van der Waals surface area contributed by atoms with Gasteiger partial charge >= 0.3 is 0 Å². The number of benzene rings is 3. The molecule has 0 atom stereocenters. The number of carbonyl (C=O) groups excluding carboxylic acids is 1. The van der Waals surface area contributed by atoms with Gasteiger partial charge in [0.1, 0.15) is 12.4 Å². The van der Waals surface area contributed by atoms with Crippen LogP contribution in [0.4, 0.5) is 5.69 Å². The molecule has 0 saturated carbocycles. The van der Waals surface area contributed by atoms with Gasteiger partial charge in [-0.05, 0) is 60.6 Å². The molecule has 0 bridgehead atoms. The highest BCUT2D eigenvalue weighted by atomic mass is 16.5. The Hall–Kier alpha value is -3.11. The van der Waals surface area contributed by atoms with Crippen molar-refractivity contribution in [1.82, 2.24) is 4.90 Å². The topological polar surface area (TPSA) is 41.6 Å². The fourth-order valence-corrected chi connectivity index (χ4v) is 3.05. The van der Waals surface area contributed by atoms with E-state index in [-0.39, 0.29) is 5.91 Å². The first-order valence-electron chi connectivity index (χ1n) is 10.1.